The molecule has 2 amide bonds. The van der Waals surface area contributed by atoms with Crippen LogP contribution in [-0.4, -0.2) is 30.6 Å². The van der Waals surface area contributed by atoms with Crippen LogP contribution in [0.25, 0.3) is 0 Å². The predicted octanol–water partition coefficient (Wildman–Crippen LogP) is 3.97. The zero-order valence-corrected chi connectivity index (χ0v) is 14.2. The molecule has 0 aliphatic rings. The first-order chi connectivity index (χ1) is 12.1. The van der Waals surface area contributed by atoms with Crippen LogP contribution < -0.4 is 10.1 Å². The number of carbonyl (C=O) groups excluding carboxylic acids is 1. The van der Waals surface area contributed by atoms with Crippen molar-refractivity contribution < 1.29 is 18.3 Å². The van der Waals surface area contributed by atoms with Gasteiger partial charge in [0.05, 0.1) is 6.61 Å². The summed E-state index contributed by atoms with van der Waals surface area (Å²) in [6.07, 6.45) is 0.626. The van der Waals surface area contributed by atoms with Crippen molar-refractivity contribution in [2.75, 3.05) is 19.7 Å². The van der Waals surface area contributed by atoms with Gasteiger partial charge in [-0.25, -0.2) is 13.6 Å². The monoisotopic (exact) mass is 348 g/mol. The van der Waals surface area contributed by atoms with E-state index in [9.17, 15) is 13.6 Å². The first-order valence-corrected chi connectivity index (χ1v) is 8.24. The van der Waals surface area contributed by atoms with Crippen LogP contribution >= 0.6 is 0 Å². The molecule has 0 unspecified atom stereocenters. The van der Waals surface area contributed by atoms with Gasteiger partial charge in [-0.2, -0.15) is 0 Å². The van der Waals surface area contributed by atoms with E-state index in [4.69, 9.17) is 4.74 Å². The van der Waals surface area contributed by atoms with Crippen LogP contribution in [0, 0.1) is 11.6 Å². The van der Waals surface area contributed by atoms with Crippen molar-refractivity contribution in [2.45, 2.75) is 19.9 Å². The van der Waals surface area contributed by atoms with Crippen LogP contribution in [0.3, 0.4) is 0 Å². The predicted molar refractivity (Wildman–Crippen MR) is 92.4 cm³/mol. The van der Waals surface area contributed by atoms with Crippen molar-refractivity contribution in [3.05, 3.63) is 65.7 Å². The van der Waals surface area contributed by atoms with E-state index in [0.29, 0.717) is 38.4 Å². The molecule has 134 valence electrons. The van der Waals surface area contributed by atoms with E-state index in [1.807, 2.05) is 6.92 Å². The second-order valence-electron chi connectivity index (χ2n) is 5.53. The molecule has 0 saturated carbocycles. The lowest BCUT2D eigenvalue weighted by atomic mass is 10.2. The van der Waals surface area contributed by atoms with Crippen molar-refractivity contribution >= 4 is 6.03 Å². The van der Waals surface area contributed by atoms with Gasteiger partial charge in [0.1, 0.15) is 17.4 Å². The number of ether oxygens (including phenoxy) is 1. The average Bonchev–Trinajstić information content (AvgIpc) is 2.61. The molecule has 0 fully saturated rings. The van der Waals surface area contributed by atoms with Crippen LogP contribution in [0.5, 0.6) is 5.75 Å². The minimum atomic E-state index is -0.313. The molecule has 2 rings (SSSR count). The highest BCUT2D eigenvalue weighted by Crippen LogP contribution is 2.11. The molecule has 6 heteroatoms. The summed E-state index contributed by atoms with van der Waals surface area (Å²) in [5.74, 6) is -0.0292. The summed E-state index contributed by atoms with van der Waals surface area (Å²) in [6.45, 7) is 3.62. The molecule has 0 radical (unpaired) electrons. The Kier molecular flexibility index (Phi) is 7.19. The highest BCUT2D eigenvalue weighted by atomic mass is 19.1. The number of nitrogens with one attached hydrogen (secondary N) is 1. The van der Waals surface area contributed by atoms with Crippen molar-refractivity contribution in [1.29, 1.82) is 0 Å². The van der Waals surface area contributed by atoms with Gasteiger partial charge in [-0.05, 0) is 55.3 Å². The zero-order chi connectivity index (χ0) is 18.1. The SMILES string of the molecule is CCN(Cc1cccc(F)c1)C(=O)NCCCOc1ccc(F)cc1. The number of rotatable bonds is 8. The first-order valence-electron chi connectivity index (χ1n) is 8.24. The second kappa shape index (κ2) is 9.61. The molecule has 0 aromatic heterocycles. The van der Waals surface area contributed by atoms with Crippen molar-refractivity contribution in [2.24, 2.45) is 0 Å². The lowest BCUT2D eigenvalue weighted by Crippen LogP contribution is -2.40. The summed E-state index contributed by atoms with van der Waals surface area (Å²) in [6, 6.07) is 11.8. The molecule has 1 N–H and O–H groups in total. The van der Waals surface area contributed by atoms with E-state index < -0.39 is 0 Å². The number of nitrogens with zero attached hydrogens (tertiary/aromatic N) is 1. The molecule has 2 aromatic carbocycles. The fraction of sp³-hybridized carbons (Fsp3) is 0.316. The molecule has 0 bridgehead atoms. The highest BCUT2D eigenvalue weighted by molar-refractivity contribution is 5.74. The lowest BCUT2D eigenvalue weighted by molar-refractivity contribution is 0.197. The Morgan fingerprint density at radius 2 is 1.88 bits per heavy atom. The number of carbonyl (C=O) groups is 1. The number of urea groups is 1. The minimum absolute atomic E-state index is 0.200. The molecule has 0 heterocycles. The van der Waals surface area contributed by atoms with E-state index >= 15 is 0 Å². The topological polar surface area (TPSA) is 41.6 Å². The van der Waals surface area contributed by atoms with Crippen LogP contribution in [0.15, 0.2) is 48.5 Å². The fourth-order valence-electron chi connectivity index (χ4n) is 2.28. The van der Waals surface area contributed by atoms with Gasteiger partial charge in [-0.1, -0.05) is 12.1 Å². The van der Waals surface area contributed by atoms with E-state index in [-0.39, 0.29) is 17.7 Å². The third-order valence-electron chi connectivity index (χ3n) is 3.61. The van der Waals surface area contributed by atoms with Gasteiger partial charge in [-0.3, -0.25) is 0 Å². The van der Waals surface area contributed by atoms with Gasteiger partial charge in [0.15, 0.2) is 0 Å². The molecule has 2 aromatic rings. The van der Waals surface area contributed by atoms with Crippen LogP contribution in [0.2, 0.25) is 0 Å². The standard InChI is InChI=1S/C19H22F2N2O2/c1-2-23(14-15-5-3-6-17(21)13-15)19(24)22-11-4-12-25-18-9-7-16(20)8-10-18/h3,5-10,13H,2,4,11-12,14H2,1H3,(H,22,24). The second-order valence-corrected chi connectivity index (χ2v) is 5.53. The van der Waals surface area contributed by atoms with Gasteiger partial charge >= 0.3 is 6.03 Å². The van der Waals surface area contributed by atoms with E-state index in [1.165, 1.54) is 24.3 Å². The summed E-state index contributed by atoms with van der Waals surface area (Å²) in [4.78, 5) is 13.8. The smallest absolute Gasteiger partial charge is 0.317 e. The van der Waals surface area contributed by atoms with Crippen LogP contribution in [-0.2, 0) is 6.54 Å². The Morgan fingerprint density at radius 1 is 1.12 bits per heavy atom. The molecule has 0 atom stereocenters. The molecule has 25 heavy (non-hydrogen) atoms. The maximum Gasteiger partial charge on any atom is 0.317 e. The van der Waals surface area contributed by atoms with Crippen molar-refractivity contribution in [3.63, 3.8) is 0 Å². The third kappa shape index (κ3) is 6.41. The van der Waals surface area contributed by atoms with Gasteiger partial charge < -0.3 is 15.0 Å². The molecule has 0 aliphatic carbocycles. The first kappa shape index (κ1) is 18.7. The molecule has 0 spiro atoms. The summed E-state index contributed by atoms with van der Waals surface area (Å²) >= 11 is 0. The number of amides is 2. The molecular formula is C19H22F2N2O2. The molecule has 0 aliphatic heterocycles. The highest BCUT2D eigenvalue weighted by Gasteiger charge is 2.11. The summed E-state index contributed by atoms with van der Waals surface area (Å²) in [5.41, 5.74) is 0.747. The van der Waals surface area contributed by atoms with E-state index in [2.05, 4.69) is 5.32 Å². The van der Waals surface area contributed by atoms with Crippen LogP contribution in [0.4, 0.5) is 13.6 Å². The minimum Gasteiger partial charge on any atom is -0.494 e. The van der Waals surface area contributed by atoms with Crippen LogP contribution in [0.1, 0.15) is 18.9 Å². The maximum absolute atomic E-state index is 13.2. The zero-order valence-electron chi connectivity index (χ0n) is 14.2. The summed E-state index contributed by atoms with van der Waals surface area (Å²) in [5, 5.41) is 2.82. The van der Waals surface area contributed by atoms with E-state index in [0.717, 1.165) is 5.56 Å². The van der Waals surface area contributed by atoms with Gasteiger partial charge in [-0.15, -0.1) is 0 Å². The Morgan fingerprint density at radius 3 is 2.56 bits per heavy atom. The van der Waals surface area contributed by atoms with Crippen molar-refractivity contribution in [3.8, 4) is 5.75 Å². The largest absolute Gasteiger partial charge is 0.494 e. The summed E-state index contributed by atoms with van der Waals surface area (Å²) < 4.78 is 31.5. The lowest BCUT2D eigenvalue weighted by Gasteiger charge is -2.21. The third-order valence-corrected chi connectivity index (χ3v) is 3.61. The Bertz CT molecular complexity index is 677. The summed E-state index contributed by atoms with van der Waals surface area (Å²) in [7, 11) is 0. The average molecular weight is 348 g/mol. The molecule has 0 saturated heterocycles. The quantitative estimate of drug-likeness (QED) is 0.734. The van der Waals surface area contributed by atoms with Crippen molar-refractivity contribution in [1.82, 2.24) is 10.2 Å². The van der Waals surface area contributed by atoms with Gasteiger partial charge in [0, 0.05) is 19.6 Å². The number of hydrogen-bond acceptors (Lipinski definition) is 2. The Labute approximate surface area is 146 Å². The number of benzene rings is 2. The molecular weight excluding hydrogens is 326 g/mol. The number of hydrogen-bond donors (Lipinski definition) is 1. The maximum atomic E-state index is 13.2. The van der Waals surface area contributed by atoms with Gasteiger partial charge in [0.25, 0.3) is 0 Å². The normalized spacial score (nSPS) is 10.4. The molecule has 4 nitrogen and oxygen atoms in total. The fourth-order valence-corrected chi connectivity index (χ4v) is 2.28. The van der Waals surface area contributed by atoms with Gasteiger partial charge in [0.2, 0.25) is 0 Å². The number of halogens is 2. The Hall–Kier alpha value is -2.63. The Balaban J connectivity index is 1.69. The van der Waals surface area contributed by atoms with E-state index in [1.54, 1.807) is 29.2 Å².